The van der Waals surface area contributed by atoms with Gasteiger partial charge in [-0.3, -0.25) is 4.90 Å². The van der Waals surface area contributed by atoms with Gasteiger partial charge in [0.2, 0.25) is 5.95 Å². The smallest absolute Gasteiger partial charge is 0.229 e. The molecule has 188 valence electrons. The number of pyridine rings is 1. The first-order valence-corrected chi connectivity index (χ1v) is 13.0. The third-order valence-electron chi connectivity index (χ3n) is 8.54. The summed E-state index contributed by atoms with van der Waals surface area (Å²) in [6.07, 6.45) is 8.23. The minimum atomic E-state index is -0.607. The van der Waals surface area contributed by atoms with Gasteiger partial charge in [0.25, 0.3) is 0 Å². The Morgan fingerprint density at radius 3 is 2.73 bits per heavy atom. The van der Waals surface area contributed by atoms with Crippen molar-refractivity contribution in [2.45, 2.75) is 56.3 Å². The van der Waals surface area contributed by atoms with Crippen molar-refractivity contribution in [3.05, 3.63) is 59.7 Å². The van der Waals surface area contributed by atoms with E-state index in [1.807, 2.05) is 24.4 Å². The zero-order valence-corrected chi connectivity index (χ0v) is 20.2. The maximum Gasteiger partial charge on any atom is 0.229 e. The first-order chi connectivity index (χ1) is 18.0. The number of likely N-dealkylation sites (tertiary alicyclic amines) is 1. The zero-order valence-electron chi connectivity index (χ0n) is 20.2. The predicted molar refractivity (Wildman–Crippen MR) is 134 cm³/mol. The van der Waals surface area contributed by atoms with Gasteiger partial charge in [-0.25, -0.2) is 28.7 Å². The minimum Gasteiger partial charge on any atom is -0.322 e. The van der Waals surface area contributed by atoms with E-state index in [-0.39, 0.29) is 17.2 Å². The fourth-order valence-corrected chi connectivity index (χ4v) is 6.50. The maximum absolute atomic E-state index is 15.1. The summed E-state index contributed by atoms with van der Waals surface area (Å²) >= 11 is 0. The van der Waals surface area contributed by atoms with Crippen LogP contribution in [0, 0.1) is 11.6 Å². The molecule has 1 saturated carbocycles. The van der Waals surface area contributed by atoms with Crippen LogP contribution in [0.2, 0.25) is 0 Å². The van der Waals surface area contributed by atoms with Crippen LogP contribution in [0.3, 0.4) is 0 Å². The third-order valence-corrected chi connectivity index (χ3v) is 8.54. The summed E-state index contributed by atoms with van der Waals surface area (Å²) in [4.78, 5) is 20.0. The normalized spacial score (nSPS) is 23.3. The number of piperazine rings is 1. The second-order valence-corrected chi connectivity index (χ2v) is 10.9. The molecule has 1 aromatic carbocycles. The Balaban J connectivity index is 1.06. The monoisotopic (exact) mass is 500 g/mol. The second-order valence-electron chi connectivity index (χ2n) is 10.9. The van der Waals surface area contributed by atoms with E-state index >= 15 is 4.39 Å². The Hall–Kier alpha value is -3.50. The molecule has 37 heavy (non-hydrogen) atoms. The Morgan fingerprint density at radius 2 is 1.97 bits per heavy atom. The lowest BCUT2D eigenvalue weighted by molar-refractivity contribution is 0.217. The van der Waals surface area contributed by atoms with E-state index < -0.39 is 11.6 Å². The van der Waals surface area contributed by atoms with E-state index in [0.717, 1.165) is 62.9 Å². The second kappa shape index (κ2) is 7.75. The van der Waals surface area contributed by atoms with Crippen LogP contribution in [0.1, 0.15) is 37.1 Å². The summed E-state index contributed by atoms with van der Waals surface area (Å²) in [6, 6.07) is 8.26. The molecule has 2 saturated heterocycles. The zero-order chi connectivity index (χ0) is 24.7. The summed E-state index contributed by atoms with van der Waals surface area (Å²) < 4.78 is 32.1. The molecule has 0 radical (unpaired) electrons. The number of hydrogen-bond acceptors (Lipinski definition) is 7. The van der Waals surface area contributed by atoms with E-state index in [2.05, 4.69) is 40.0 Å². The molecule has 4 aliphatic rings. The summed E-state index contributed by atoms with van der Waals surface area (Å²) in [7, 11) is 0. The molecule has 8 nitrogen and oxygen atoms in total. The van der Waals surface area contributed by atoms with Crippen LogP contribution in [-0.4, -0.2) is 54.6 Å². The third kappa shape index (κ3) is 3.46. The van der Waals surface area contributed by atoms with Crippen LogP contribution in [0.4, 0.5) is 20.5 Å². The molecule has 3 fully saturated rings. The number of aryl methyl sites for hydroxylation is 1. The molecule has 0 amide bonds. The highest BCUT2D eigenvalue weighted by atomic mass is 19.1. The van der Waals surface area contributed by atoms with Gasteiger partial charge in [-0.15, -0.1) is 0 Å². The van der Waals surface area contributed by atoms with Crippen LogP contribution < -0.4 is 10.6 Å². The van der Waals surface area contributed by atoms with Crippen molar-refractivity contribution in [2.75, 3.05) is 18.4 Å². The fourth-order valence-electron chi connectivity index (χ4n) is 6.50. The number of nitrogens with one attached hydrogen (secondary N) is 2. The standard InChI is InChI=1S/C27H26F2N8/c28-19-7-16(8-21-25(19)34-23-3-4-27(5-6-27)37(21)23)24-20(29)12-32-26(35-24)33-22-2-1-15(10-31-22)13-36-14-17-9-18(36)11-30-17/h1-2,7-8,10,12,17-18,30H,3-6,9,11,13-14H2,(H,31,32,33,35)/t17-,18-/m0/s1. The van der Waals surface area contributed by atoms with Crippen molar-refractivity contribution < 1.29 is 8.78 Å². The van der Waals surface area contributed by atoms with Gasteiger partial charge in [0.1, 0.15) is 22.9 Å². The van der Waals surface area contributed by atoms with Crippen LogP contribution in [0.15, 0.2) is 36.7 Å². The number of imidazole rings is 1. The van der Waals surface area contributed by atoms with E-state index in [1.54, 1.807) is 0 Å². The first kappa shape index (κ1) is 21.6. The molecular weight excluding hydrogens is 474 g/mol. The lowest BCUT2D eigenvalue weighted by atomic mass is 10.1. The highest BCUT2D eigenvalue weighted by molar-refractivity contribution is 5.83. The van der Waals surface area contributed by atoms with Crippen molar-refractivity contribution in [1.29, 1.82) is 0 Å². The molecule has 3 aromatic heterocycles. The van der Waals surface area contributed by atoms with Gasteiger partial charge in [-0.2, -0.15) is 0 Å². The molecule has 6 heterocycles. The van der Waals surface area contributed by atoms with E-state index in [9.17, 15) is 4.39 Å². The highest BCUT2D eigenvalue weighted by Gasteiger charge is 2.50. The molecule has 0 unspecified atom stereocenters. The van der Waals surface area contributed by atoms with Crippen LogP contribution >= 0.6 is 0 Å². The van der Waals surface area contributed by atoms with Gasteiger partial charge in [0, 0.05) is 55.4 Å². The van der Waals surface area contributed by atoms with Gasteiger partial charge >= 0.3 is 0 Å². The Kier molecular flexibility index (Phi) is 4.52. The van der Waals surface area contributed by atoms with Crippen LogP contribution in [0.25, 0.3) is 22.3 Å². The average molecular weight is 501 g/mol. The molecule has 2 bridgehead atoms. The quantitative estimate of drug-likeness (QED) is 0.430. The lowest BCUT2D eigenvalue weighted by Gasteiger charge is -2.27. The topological polar surface area (TPSA) is 83.8 Å². The van der Waals surface area contributed by atoms with Gasteiger partial charge in [0.05, 0.1) is 11.7 Å². The van der Waals surface area contributed by atoms with Crippen molar-refractivity contribution >= 4 is 22.8 Å². The number of nitrogens with zero attached hydrogens (tertiary/aromatic N) is 6. The summed E-state index contributed by atoms with van der Waals surface area (Å²) in [5, 5.41) is 6.59. The average Bonchev–Trinajstić information content (AvgIpc) is 3.23. The predicted octanol–water partition coefficient (Wildman–Crippen LogP) is 3.89. The molecule has 1 aliphatic carbocycles. The van der Waals surface area contributed by atoms with Gasteiger partial charge in [-0.1, -0.05) is 6.07 Å². The molecule has 8 rings (SSSR count). The number of fused-ring (bicyclic) bond motifs is 6. The molecule has 3 aliphatic heterocycles. The fraction of sp³-hybridized carbons (Fsp3) is 0.407. The number of halogens is 2. The Morgan fingerprint density at radius 1 is 1.05 bits per heavy atom. The molecule has 2 N–H and O–H groups in total. The van der Waals surface area contributed by atoms with Gasteiger partial charge in [-0.05, 0) is 49.4 Å². The van der Waals surface area contributed by atoms with Gasteiger partial charge < -0.3 is 15.2 Å². The largest absolute Gasteiger partial charge is 0.322 e. The number of hydrogen-bond donors (Lipinski definition) is 2. The molecule has 4 aromatic rings. The van der Waals surface area contributed by atoms with Crippen molar-refractivity contribution in [3.8, 4) is 11.3 Å². The van der Waals surface area contributed by atoms with Crippen LogP contribution in [-0.2, 0) is 18.5 Å². The highest BCUT2D eigenvalue weighted by Crippen LogP contribution is 2.53. The summed E-state index contributed by atoms with van der Waals surface area (Å²) in [5.41, 5.74) is 2.69. The molecule has 2 atom stereocenters. The van der Waals surface area contributed by atoms with Crippen molar-refractivity contribution in [3.63, 3.8) is 0 Å². The molecule has 1 spiro atoms. The minimum absolute atomic E-state index is 0.0472. The molecule has 10 heteroatoms. The van der Waals surface area contributed by atoms with Crippen molar-refractivity contribution in [1.82, 2.24) is 34.7 Å². The van der Waals surface area contributed by atoms with E-state index in [1.165, 1.54) is 12.5 Å². The van der Waals surface area contributed by atoms with E-state index in [0.29, 0.717) is 34.5 Å². The van der Waals surface area contributed by atoms with Gasteiger partial charge in [0.15, 0.2) is 11.6 Å². The van der Waals surface area contributed by atoms with E-state index in [4.69, 9.17) is 0 Å². The number of aromatic nitrogens is 5. The number of anilines is 2. The van der Waals surface area contributed by atoms with Crippen molar-refractivity contribution in [2.24, 2.45) is 0 Å². The maximum atomic E-state index is 15.1. The number of benzene rings is 1. The Bertz CT molecular complexity index is 1540. The lowest BCUT2D eigenvalue weighted by Crippen LogP contribution is -2.42. The Labute approximate surface area is 212 Å². The molecular formula is C27H26F2N8. The van der Waals surface area contributed by atoms with Crippen LogP contribution in [0.5, 0.6) is 0 Å². The summed E-state index contributed by atoms with van der Waals surface area (Å²) in [5.74, 6) is 0.618. The SMILES string of the molecule is Fc1cnc(Nc2ccc(CN3C[C@@H]4C[C@H]3CN4)cn2)nc1-c1cc(F)c2nc3n(c2c1)C1(CC3)CC1. The first-order valence-electron chi connectivity index (χ1n) is 13.0. The summed E-state index contributed by atoms with van der Waals surface area (Å²) in [6.45, 7) is 3.01. The number of rotatable bonds is 5.